The van der Waals surface area contributed by atoms with Crippen molar-refractivity contribution in [2.75, 3.05) is 16.2 Å². The second kappa shape index (κ2) is 8.77. The summed E-state index contributed by atoms with van der Waals surface area (Å²) in [6.07, 6.45) is 0. The molecule has 0 saturated heterocycles. The molecule has 3 aromatic rings. The molecule has 0 heterocycles. The van der Waals surface area contributed by atoms with Gasteiger partial charge in [-0.05, 0) is 48.5 Å². The number of hydrogen-bond donors (Lipinski definition) is 1. The maximum absolute atomic E-state index is 13.2. The van der Waals surface area contributed by atoms with Crippen molar-refractivity contribution in [2.24, 2.45) is 0 Å². The van der Waals surface area contributed by atoms with Crippen LogP contribution in [0.25, 0.3) is 0 Å². The van der Waals surface area contributed by atoms with Crippen LogP contribution in [-0.4, -0.2) is 20.9 Å². The average Bonchev–Trinajstić information content (AvgIpc) is 2.69. The van der Waals surface area contributed by atoms with Gasteiger partial charge in [0.1, 0.15) is 6.54 Å². The van der Waals surface area contributed by atoms with Crippen molar-refractivity contribution >= 4 is 54.8 Å². The first-order valence-electron chi connectivity index (χ1n) is 8.25. The monoisotopic (exact) mass is 478 g/mol. The number of sulfonamides is 1. The van der Waals surface area contributed by atoms with Crippen molar-refractivity contribution < 1.29 is 13.2 Å². The summed E-state index contributed by atoms with van der Waals surface area (Å²) in [6.45, 7) is -0.420. The van der Waals surface area contributed by atoms with Gasteiger partial charge >= 0.3 is 0 Å². The third-order valence-corrected chi connectivity index (χ3v) is 6.49. The Morgan fingerprint density at radius 2 is 1.54 bits per heavy atom. The summed E-state index contributed by atoms with van der Waals surface area (Å²) < 4.78 is 28.3. The fourth-order valence-electron chi connectivity index (χ4n) is 2.54. The van der Waals surface area contributed by atoms with Crippen LogP contribution in [0, 0.1) is 0 Å². The van der Waals surface area contributed by atoms with Gasteiger partial charge in [0.15, 0.2) is 0 Å². The Hall–Kier alpha value is -2.35. The Morgan fingerprint density at radius 1 is 0.929 bits per heavy atom. The van der Waals surface area contributed by atoms with E-state index >= 15 is 0 Å². The van der Waals surface area contributed by atoms with Gasteiger partial charge in [0.2, 0.25) is 5.91 Å². The highest BCUT2D eigenvalue weighted by Gasteiger charge is 2.28. The first-order valence-corrected chi connectivity index (χ1v) is 10.9. The number of rotatable bonds is 6. The molecule has 144 valence electrons. The molecule has 0 aromatic heterocycles. The Kier molecular flexibility index (Phi) is 6.39. The molecule has 0 bridgehead atoms. The maximum Gasteiger partial charge on any atom is 0.264 e. The van der Waals surface area contributed by atoms with Gasteiger partial charge in [-0.15, -0.1) is 0 Å². The second-order valence-corrected chi connectivity index (χ2v) is 9.02. The molecule has 28 heavy (non-hydrogen) atoms. The van der Waals surface area contributed by atoms with Gasteiger partial charge in [-0.3, -0.25) is 9.10 Å². The van der Waals surface area contributed by atoms with Crippen molar-refractivity contribution in [1.29, 1.82) is 0 Å². The van der Waals surface area contributed by atoms with E-state index in [2.05, 4.69) is 21.2 Å². The molecular formula is C20H16BrClN2O3S. The summed E-state index contributed by atoms with van der Waals surface area (Å²) in [5.41, 5.74) is 0.795. The summed E-state index contributed by atoms with van der Waals surface area (Å²) in [5.74, 6) is -0.484. The van der Waals surface area contributed by atoms with E-state index in [-0.39, 0.29) is 15.6 Å². The molecule has 0 aliphatic heterocycles. The fraction of sp³-hybridized carbons (Fsp3) is 0.0500. The minimum Gasteiger partial charge on any atom is -0.325 e. The van der Waals surface area contributed by atoms with Crippen molar-refractivity contribution in [3.8, 4) is 0 Å². The molecule has 3 rings (SSSR count). The largest absolute Gasteiger partial charge is 0.325 e. The maximum atomic E-state index is 13.2. The van der Waals surface area contributed by atoms with E-state index in [0.29, 0.717) is 5.69 Å². The Bertz CT molecular complexity index is 1070. The van der Waals surface area contributed by atoms with Crippen LogP contribution in [0.3, 0.4) is 0 Å². The van der Waals surface area contributed by atoms with Crippen molar-refractivity contribution in [3.63, 3.8) is 0 Å². The van der Waals surface area contributed by atoms with E-state index < -0.39 is 22.5 Å². The number of anilines is 2. The van der Waals surface area contributed by atoms with Gasteiger partial charge in [-0.25, -0.2) is 8.42 Å². The topological polar surface area (TPSA) is 66.5 Å². The molecule has 8 heteroatoms. The number of nitrogens with zero attached hydrogens (tertiary/aromatic N) is 1. The molecule has 0 fully saturated rings. The molecule has 1 N–H and O–H groups in total. The number of hydrogen-bond acceptors (Lipinski definition) is 3. The van der Waals surface area contributed by atoms with Gasteiger partial charge in [-0.1, -0.05) is 57.9 Å². The van der Waals surface area contributed by atoms with Crippen LogP contribution < -0.4 is 9.62 Å². The Morgan fingerprint density at radius 3 is 2.18 bits per heavy atom. The molecule has 0 radical (unpaired) electrons. The highest BCUT2D eigenvalue weighted by Crippen LogP contribution is 2.30. The molecule has 1 amide bonds. The molecule has 5 nitrogen and oxygen atoms in total. The van der Waals surface area contributed by atoms with Crippen molar-refractivity contribution in [1.82, 2.24) is 0 Å². The smallest absolute Gasteiger partial charge is 0.264 e. The van der Waals surface area contributed by atoms with E-state index in [1.807, 2.05) is 0 Å². The normalized spacial score (nSPS) is 11.1. The fourth-order valence-corrected chi connectivity index (χ4v) is 4.55. The SMILES string of the molecule is O=C(CN(c1ccccc1Cl)S(=O)(=O)c1ccccc1)Nc1ccc(Br)cc1. The minimum atomic E-state index is -3.99. The highest BCUT2D eigenvalue weighted by molar-refractivity contribution is 9.10. The number of para-hydroxylation sites is 1. The summed E-state index contributed by atoms with van der Waals surface area (Å²) >= 11 is 9.56. The van der Waals surface area contributed by atoms with Crippen LogP contribution in [0.1, 0.15) is 0 Å². The lowest BCUT2D eigenvalue weighted by Crippen LogP contribution is -2.38. The van der Waals surface area contributed by atoms with Gasteiger partial charge in [0, 0.05) is 10.2 Å². The zero-order valence-corrected chi connectivity index (χ0v) is 17.7. The Labute approximate surface area is 177 Å². The number of amides is 1. The van der Waals surface area contributed by atoms with Crippen LogP contribution in [0.2, 0.25) is 5.02 Å². The lowest BCUT2D eigenvalue weighted by molar-refractivity contribution is -0.114. The van der Waals surface area contributed by atoms with Gasteiger partial charge in [-0.2, -0.15) is 0 Å². The van der Waals surface area contributed by atoms with Crippen LogP contribution in [0.15, 0.2) is 88.2 Å². The molecule has 3 aromatic carbocycles. The molecule has 0 spiro atoms. The van der Waals surface area contributed by atoms with Crippen LogP contribution in [-0.2, 0) is 14.8 Å². The molecule has 0 aliphatic carbocycles. The predicted molar refractivity (Wildman–Crippen MR) is 115 cm³/mol. The van der Waals surface area contributed by atoms with Crippen molar-refractivity contribution in [3.05, 3.63) is 88.4 Å². The van der Waals surface area contributed by atoms with E-state index in [9.17, 15) is 13.2 Å². The number of halogens is 2. The summed E-state index contributed by atoms with van der Waals surface area (Å²) in [4.78, 5) is 12.7. The number of carbonyl (C=O) groups is 1. The summed E-state index contributed by atoms with van der Waals surface area (Å²) in [5, 5.41) is 2.94. The molecular weight excluding hydrogens is 464 g/mol. The first-order chi connectivity index (χ1) is 13.4. The number of nitrogens with one attached hydrogen (secondary N) is 1. The number of carbonyl (C=O) groups excluding carboxylic acids is 1. The second-order valence-electron chi connectivity index (χ2n) is 5.83. The third-order valence-electron chi connectivity index (χ3n) is 3.87. The number of benzene rings is 3. The highest BCUT2D eigenvalue weighted by atomic mass is 79.9. The van der Waals surface area contributed by atoms with E-state index in [1.165, 1.54) is 12.1 Å². The average molecular weight is 480 g/mol. The Balaban J connectivity index is 1.94. The zero-order chi connectivity index (χ0) is 20.1. The molecule has 0 saturated carbocycles. The predicted octanol–water partition coefficient (Wildman–Crippen LogP) is 4.94. The van der Waals surface area contributed by atoms with Gasteiger partial charge in [0.05, 0.1) is 15.6 Å². The van der Waals surface area contributed by atoms with Gasteiger partial charge < -0.3 is 5.32 Å². The molecule has 0 unspecified atom stereocenters. The lowest BCUT2D eigenvalue weighted by Gasteiger charge is -2.25. The molecule has 0 aliphatic rings. The standard InChI is InChI=1S/C20H16BrClN2O3S/c21-15-10-12-16(13-11-15)23-20(25)14-24(19-9-5-4-8-18(19)22)28(26,27)17-6-2-1-3-7-17/h1-13H,14H2,(H,23,25). The first kappa shape index (κ1) is 20.4. The quantitative estimate of drug-likeness (QED) is 0.545. The molecule has 0 atom stereocenters. The van der Waals surface area contributed by atoms with Crippen LogP contribution >= 0.6 is 27.5 Å². The van der Waals surface area contributed by atoms with Gasteiger partial charge in [0.25, 0.3) is 10.0 Å². The van der Waals surface area contributed by atoms with Crippen LogP contribution in [0.4, 0.5) is 11.4 Å². The van der Waals surface area contributed by atoms with Crippen molar-refractivity contribution in [2.45, 2.75) is 4.90 Å². The zero-order valence-electron chi connectivity index (χ0n) is 14.5. The minimum absolute atomic E-state index is 0.0753. The summed E-state index contributed by atoms with van der Waals surface area (Å²) in [7, 11) is -3.99. The lowest BCUT2D eigenvalue weighted by atomic mass is 10.3. The van der Waals surface area contributed by atoms with E-state index in [4.69, 9.17) is 11.6 Å². The van der Waals surface area contributed by atoms with Crippen LogP contribution in [0.5, 0.6) is 0 Å². The van der Waals surface area contributed by atoms with E-state index in [0.717, 1.165) is 8.78 Å². The summed E-state index contributed by atoms with van der Waals surface area (Å²) in [6, 6.07) is 21.4. The third kappa shape index (κ3) is 4.73. The van der Waals surface area contributed by atoms with E-state index in [1.54, 1.807) is 66.7 Å².